The van der Waals surface area contributed by atoms with Gasteiger partial charge in [-0.25, -0.2) is 9.97 Å². The lowest BCUT2D eigenvalue weighted by Gasteiger charge is -2.33. The average molecular weight is 367 g/mol. The Morgan fingerprint density at radius 2 is 1.78 bits per heavy atom. The maximum absolute atomic E-state index is 12.0. The van der Waals surface area contributed by atoms with E-state index < -0.39 is 0 Å². The molecule has 2 aliphatic heterocycles. The SMILES string of the molecule is CN1CCN(c2cc(N3Cc4ccccc4OC(C)(C)C3)ncn2)CC1=O. The molecule has 2 aliphatic rings. The summed E-state index contributed by atoms with van der Waals surface area (Å²) in [4.78, 5) is 26.9. The van der Waals surface area contributed by atoms with Gasteiger partial charge in [0.1, 0.15) is 29.3 Å². The van der Waals surface area contributed by atoms with Crippen molar-refractivity contribution in [3.05, 3.63) is 42.2 Å². The van der Waals surface area contributed by atoms with Gasteiger partial charge >= 0.3 is 0 Å². The smallest absolute Gasteiger partial charge is 0.241 e. The summed E-state index contributed by atoms with van der Waals surface area (Å²) in [5.41, 5.74) is 0.791. The molecule has 4 rings (SSSR count). The molecule has 0 atom stereocenters. The Labute approximate surface area is 159 Å². The summed E-state index contributed by atoms with van der Waals surface area (Å²) in [5.74, 6) is 2.67. The number of anilines is 2. The van der Waals surface area contributed by atoms with Gasteiger partial charge < -0.3 is 19.4 Å². The summed E-state index contributed by atoms with van der Waals surface area (Å²) in [6.45, 7) is 7.43. The van der Waals surface area contributed by atoms with Gasteiger partial charge in [0.15, 0.2) is 0 Å². The minimum absolute atomic E-state index is 0.111. The summed E-state index contributed by atoms with van der Waals surface area (Å²) in [6.07, 6.45) is 1.58. The van der Waals surface area contributed by atoms with E-state index in [0.717, 1.165) is 36.0 Å². The molecule has 0 bridgehead atoms. The predicted octanol–water partition coefficient (Wildman–Crippen LogP) is 1.93. The molecule has 0 saturated carbocycles. The number of nitrogens with zero attached hydrogens (tertiary/aromatic N) is 5. The van der Waals surface area contributed by atoms with Crippen molar-refractivity contribution >= 4 is 17.5 Å². The van der Waals surface area contributed by atoms with E-state index >= 15 is 0 Å². The Morgan fingerprint density at radius 3 is 2.56 bits per heavy atom. The first-order chi connectivity index (χ1) is 12.9. The molecule has 1 amide bonds. The van der Waals surface area contributed by atoms with Crippen molar-refractivity contribution in [1.29, 1.82) is 0 Å². The normalized spacial score (nSPS) is 19.4. The van der Waals surface area contributed by atoms with Crippen molar-refractivity contribution in [1.82, 2.24) is 14.9 Å². The van der Waals surface area contributed by atoms with Crippen LogP contribution in [0.4, 0.5) is 11.6 Å². The van der Waals surface area contributed by atoms with E-state index in [4.69, 9.17) is 4.74 Å². The minimum Gasteiger partial charge on any atom is -0.486 e. The Bertz CT molecular complexity index is 854. The topological polar surface area (TPSA) is 61.8 Å². The van der Waals surface area contributed by atoms with Crippen molar-refractivity contribution < 1.29 is 9.53 Å². The van der Waals surface area contributed by atoms with Gasteiger partial charge in [-0.1, -0.05) is 18.2 Å². The molecule has 1 saturated heterocycles. The highest BCUT2D eigenvalue weighted by Gasteiger charge is 2.30. The number of piperazine rings is 1. The van der Waals surface area contributed by atoms with E-state index in [1.807, 2.05) is 36.2 Å². The first kappa shape index (κ1) is 17.6. The number of fused-ring (bicyclic) bond motifs is 1. The molecule has 3 heterocycles. The monoisotopic (exact) mass is 367 g/mol. The molecule has 2 aromatic rings. The lowest BCUT2D eigenvalue weighted by Crippen LogP contribution is -2.49. The van der Waals surface area contributed by atoms with Crippen LogP contribution in [0.1, 0.15) is 19.4 Å². The van der Waals surface area contributed by atoms with E-state index in [1.165, 1.54) is 0 Å². The number of hydrogen-bond acceptors (Lipinski definition) is 6. The number of para-hydroxylation sites is 1. The average Bonchev–Trinajstić information content (AvgIpc) is 2.78. The van der Waals surface area contributed by atoms with Crippen LogP contribution in [0.25, 0.3) is 0 Å². The van der Waals surface area contributed by atoms with Gasteiger partial charge in [0, 0.05) is 38.3 Å². The number of amides is 1. The Kier molecular flexibility index (Phi) is 4.37. The van der Waals surface area contributed by atoms with Crippen LogP contribution in [-0.4, -0.2) is 59.6 Å². The summed E-state index contributed by atoms with van der Waals surface area (Å²) >= 11 is 0. The van der Waals surface area contributed by atoms with Crippen molar-refractivity contribution in [3.63, 3.8) is 0 Å². The zero-order chi connectivity index (χ0) is 19.0. The second-order valence-corrected chi connectivity index (χ2v) is 7.80. The molecule has 0 aliphatic carbocycles. The zero-order valence-corrected chi connectivity index (χ0v) is 16.1. The van der Waals surface area contributed by atoms with Gasteiger partial charge in [0.25, 0.3) is 0 Å². The highest BCUT2D eigenvalue weighted by molar-refractivity contribution is 5.82. The van der Waals surface area contributed by atoms with Gasteiger partial charge in [-0.05, 0) is 19.9 Å². The zero-order valence-electron chi connectivity index (χ0n) is 16.1. The summed E-state index contributed by atoms with van der Waals surface area (Å²) in [6, 6.07) is 10.1. The second-order valence-electron chi connectivity index (χ2n) is 7.80. The van der Waals surface area contributed by atoms with Crippen LogP contribution in [0.2, 0.25) is 0 Å². The Balaban J connectivity index is 1.62. The minimum atomic E-state index is -0.346. The lowest BCUT2D eigenvalue weighted by molar-refractivity contribution is -0.129. The number of rotatable bonds is 2. The molecule has 7 heteroatoms. The van der Waals surface area contributed by atoms with E-state index in [2.05, 4.69) is 34.8 Å². The third-order valence-electron chi connectivity index (χ3n) is 5.04. The molecule has 142 valence electrons. The van der Waals surface area contributed by atoms with E-state index in [0.29, 0.717) is 19.6 Å². The van der Waals surface area contributed by atoms with E-state index in [-0.39, 0.29) is 11.5 Å². The molecule has 1 fully saturated rings. The van der Waals surface area contributed by atoms with Crippen LogP contribution in [0, 0.1) is 0 Å². The summed E-state index contributed by atoms with van der Waals surface area (Å²) < 4.78 is 6.22. The maximum atomic E-state index is 12.0. The molecular formula is C20H25N5O2. The number of likely N-dealkylation sites (N-methyl/N-ethyl adjacent to an activating group) is 1. The van der Waals surface area contributed by atoms with Crippen molar-refractivity contribution in [2.45, 2.75) is 26.0 Å². The van der Waals surface area contributed by atoms with E-state index in [1.54, 1.807) is 11.2 Å². The van der Waals surface area contributed by atoms with Crippen LogP contribution < -0.4 is 14.5 Å². The van der Waals surface area contributed by atoms with Crippen molar-refractivity contribution in [2.75, 3.05) is 43.0 Å². The highest BCUT2D eigenvalue weighted by atomic mass is 16.5. The van der Waals surface area contributed by atoms with Crippen LogP contribution in [0.3, 0.4) is 0 Å². The molecular weight excluding hydrogens is 342 g/mol. The summed E-state index contributed by atoms with van der Waals surface area (Å²) in [7, 11) is 1.84. The number of ether oxygens (including phenoxy) is 1. The standard InChI is InChI=1S/C20H25N5O2/c1-20(2)13-25(11-15-6-4-5-7-16(15)27-20)18-10-17(21-14-22-18)24-9-8-23(3)19(26)12-24/h4-7,10,14H,8-9,11-13H2,1-3H3. The molecule has 0 N–H and O–H groups in total. The Morgan fingerprint density at radius 1 is 1.04 bits per heavy atom. The van der Waals surface area contributed by atoms with Gasteiger partial charge in [0.2, 0.25) is 5.91 Å². The third-order valence-corrected chi connectivity index (χ3v) is 5.04. The number of hydrogen-bond donors (Lipinski definition) is 0. The molecule has 0 radical (unpaired) electrons. The molecule has 0 unspecified atom stereocenters. The first-order valence-electron chi connectivity index (χ1n) is 9.24. The molecule has 0 spiro atoms. The fourth-order valence-corrected chi connectivity index (χ4v) is 3.58. The van der Waals surface area contributed by atoms with E-state index in [9.17, 15) is 4.79 Å². The van der Waals surface area contributed by atoms with Crippen LogP contribution in [0.15, 0.2) is 36.7 Å². The predicted molar refractivity (Wildman–Crippen MR) is 104 cm³/mol. The quantitative estimate of drug-likeness (QED) is 0.808. The van der Waals surface area contributed by atoms with Crippen molar-refractivity contribution in [3.8, 4) is 5.75 Å². The number of aromatic nitrogens is 2. The largest absolute Gasteiger partial charge is 0.486 e. The maximum Gasteiger partial charge on any atom is 0.241 e. The first-order valence-corrected chi connectivity index (χ1v) is 9.24. The fraction of sp³-hybridized carbons (Fsp3) is 0.450. The van der Waals surface area contributed by atoms with Crippen LogP contribution in [-0.2, 0) is 11.3 Å². The number of carbonyl (C=O) groups excluding carboxylic acids is 1. The second kappa shape index (κ2) is 6.72. The molecule has 1 aromatic carbocycles. The lowest BCUT2D eigenvalue weighted by atomic mass is 10.1. The summed E-state index contributed by atoms with van der Waals surface area (Å²) in [5, 5.41) is 0. The molecule has 1 aromatic heterocycles. The van der Waals surface area contributed by atoms with Gasteiger partial charge in [-0.3, -0.25) is 4.79 Å². The number of benzene rings is 1. The van der Waals surface area contributed by atoms with Crippen LogP contribution in [0.5, 0.6) is 5.75 Å². The molecule has 27 heavy (non-hydrogen) atoms. The van der Waals surface area contributed by atoms with Gasteiger partial charge in [0.05, 0.1) is 13.1 Å². The third kappa shape index (κ3) is 3.67. The van der Waals surface area contributed by atoms with Crippen LogP contribution >= 0.6 is 0 Å². The Hall–Kier alpha value is -2.83. The number of carbonyl (C=O) groups is 1. The van der Waals surface area contributed by atoms with Gasteiger partial charge in [-0.2, -0.15) is 0 Å². The molecule has 7 nitrogen and oxygen atoms in total. The fourth-order valence-electron chi connectivity index (χ4n) is 3.58. The highest BCUT2D eigenvalue weighted by Crippen LogP contribution is 2.31. The van der Waals surface area contributed by atoms with Gasteiger partial charge in [-0.15, -0.1) is 0 Å². The van der Waals surface area contributed by atoms with Crippen molar-refractivity contribution in [2.24, 2.45) is 0 Å².